The minimum absolute atomic E-state index is 0.0204. The zero-order valence-corrected chi connectivity index (χ0v) is 15.5. The highest BCUT2D eigenvalue weighted by molar-refractivity contribution is 6.32. The van der Waals surface area contributed by atoms with Gasteiger partial charge in [-0.15, -0.1) is 0 Å². The number of halogens is 1. The third-order valence-corrected chi connectivity index (χ3v) is 4.85. The van der Waals surface area contributed by atoms with Crippen LogP contribution in [0.15, 0.2) is 61.2 Å². The van der Waals surface area contributed by atoms with E-state index in [0.717, 1.165) is 22.2 Å². The molecule has 6 nitrogen and oxygen atoms in total. The molecule has 0 unspecified atom stereocenters. The summed E-state index contributed by atoms with van der Waals surface area (Å²) in [6.45, 7) is 0. The second-order valence-corrected chi connectivity index (χ2v) is 6.63. The van der Waals surface area contributed by atoms with Crippen LogP contribution in [0, 0.1) is 0 Å². The molecule has 1 amide bonds. The quantitative estimate of drug-likeness (QED) is 0.570. The lowest BCUT2D eigenvalue weighted by molar-refractivity contribution is -0.118. The van der Waals surface area contributed by atoms with Crippen molar-refractivity contribution in [2.75, 3.05) is 11.9 Å². The van der Waals surface area contributed by atoms with E-state index in [4.69, 9.17) is 11.6 Å². The lowest BCUT2D eigenvalue weighted by Crippen LogP contribution is -2.26. The molecule has 7 heteroatoms. The number of H-pyrrole nitrogens is 1. The fourth-order valence-corrected chi connectivity index (χ4v) is 3.33. The number of pyridine rings is 1. The SMILES string of the molecule is CN(C(=O)CCc1c[nH]c2ccccc12)c1cn(-c2cccnc2)nc1Cl. The van der Waals surface area contributed by atoms with Crippen molar-refractivity contribution in [1.29, 1.82) is 0 Å². The number of amides is 1. The standard InChI is InChI=1S/C20H18ClN5O/c1-25(18-13-26(24-20(18)21)15-5-4-10-22-12-15)19(27)9-8-14-11-23-17-7-3-2-6-16(14)17/h2-7,10-13,23H,8-9H2,1H3. The first-order valence-electron chi connectivity index (χ1n) is 8.60. The summed E-state index contributed by atoms with van der Waals surface area (Å²) < 4.78 is 1.62. The molecule has 3 aromatic heterocycles. The smallest absolute Gasteiger partial charge is 0.227 e. The van der Waals surface area contributed by atoms with E-state index in [-0.39, 0.29) is 11.1 Å². The van der Waals surface area contributed by atoms with Crippen LogP contribution < -0.4 is 4.90 Å². The van der Waals surface area contributed by atoms with Gasteiger partial charge >= 0.3 is 0 Å². The summed E-state index contributed by atoms with van der Waals surface area (Å²) in [4.78, 5) is 21.5. The summed E-state index contributed by atoms with van der Waals surface area (Å²) in [6.07, 6.45) is 8.12. The Bertz CT molecular complexity index is 1090. The van der Waals surface area contributed by atoms with E-state index in [1.54, 1.807) is 35.2 Å². The number of aromatic amines is 1. The monoisotopic (exact) mass is 379 g/mol. The Morgan fingerprint density at radius 2 is 2.11 bits per heavy atom. The lowest BCUT2D eigenvalue weighted by Gasteiger charge is -2.15. The number of carbonyl (C=O) groups excluding carboxylic acids is 1. The average molecular weight is 380 g/mol. The number of benzene rings is 1. The van der Waals surface area contributed by atoms with Gasteiger partial charge in [0, 0.05) is 36.8 Å². The number of aromatic nitrogens is 4. The maximum absolute atomic E-state index is 12.7. The van der Waals surface area contributed by atoms with Crippen molar-refractivity contribution >= 4 is 34.1 Å². The minimum Gasteiger partial charge on any atom is -0.361 e. The second kappa shape index (κ2) is 7.25. The highest BCUT2D eigenvalue weighted by atomic mass is 35.5. The molecule has 0 radical (unpaired) electrons. The summed E-state index contributed by atoms with van der Waals surface area (Å²) >= 11 is 6.26. The Kier molecular flexibility index (Phi) is 4.64. The highest BCUT2D eigenvalue weighted by Gasteiger charge is 2.18. The van der Waals surface area contributed by atoms with Crippen molar-refractivity contribution in [3.8, 4) is 5.69 Å². The molecule has 136 valence electrons. The Morgan fingerprint density at radius 3 is 2.93 bits per heavy atom. The van der Waals surface area contributed by atoms with Gasteiger partial charge in [-0.3, -0.25) is 9.78 Å². The average Bonchev–Trinajstić information content (AvgIpc) is 3.30. The summed E-state index contributed by atoms with van der Waals surface area (Å²) in [5.41, 5.74) is 3.56. The molecule has 1 N–H and O–H groups in total. The topological polar surface area (TPSA) is 66.8 Å². The van der Waals surface area contributed by atoms with Gasteiger partial charge in [0.1, 0.15) is 5.69 Å². The van der Waals surface area contributed by atoms with Crippen LogP contribution in [0.25, 0.3) is 16.6 Å². The number of hydrogen-bond donors (Lipinski definition) is 1. The first kappa shape index (κ1) is 17.3. The maximum Gasteiger partial charge on any atom is 0.227 e. The van der Waals surface area contributed by atoms with E-state index in [0.29, 0.717) is 18.5 Å². The molecule has 4 rings (SSSR count). The Labute approximate surface area is 161 Å². The van der Waals surface area contributed by atoms with Gasteiger partial charge in [-0.05, 0) is 30.2 Å². The first-order chi connectivity index (χ1) is 13.1. The van der Waals surface area contributed by atoms with Crippen LogP contribution in [0.1, 0.15) is 12.0 Å². The molecule has 0 saturated heterocycles. The molecule has 1 aromatic carbocycles. The van der Waals surface area contributed by atoms with E-state index in [9.17, 15) is 4.79 Å². The van der Waals surface area contributed by atoms with Crippen molar-refractivity contribution < 1.29 is 4.79 Å². The Morgan fingerprint density at radius 1 is 1.26 bits per heavy atom. The van der Waals surface area contributed by atoms with Crippen LogP contribution in [0.5, 0.6) is 0 Å². The van der Waals surface area contributed by atoms with Gasteiger partial charge in [-0.1, -0.05) is 29.8 Å². The van der Waals surface area contributed by atoms with Gasteiger partial charge in [0.2, 0.25) is 5.91 Å². The maximum atomic E-state index is 12.7. The van der Waals surface area contributed by atoms with E-state index in [1.807, 2.05) is 36.5 Å². The number of para-hydroxylation sites is 1. The molecular weight excluding hydrogens is 362 g/mol. The van der Waals surface area contributed by atoms with Crippen LogP contribution in [-0.2, 0) is 11.2 Å². The van der Waals surface area contributed by atoms with Gasteiger partial charge in [0.25, 0.3) is 0 Å². The fraction of sp³-hybridized carbons (Fsp3) is 0.150. The number of fused-ring (bicyclic) bond motifs is 1. The fourth-order valence-electron chi connectivity index (χ4n) is 3.07. The molecule has 0 saturated carbocycles. The van der Waals surface area contributed by atoms with Crippen LogP contribution in [-0.4, -0.2) is 32.7 Å². The summed E-state index contributed by atoms with van der Waals surface area (Å²) in [6, 6.07) is 11.8. The molecule has 4 aromatic rings. The van der Waals surface area contributed by atoms with E-state index >= 15 is 0 Å². The third kappa shape index (κ3) is 3.44. The minimum atomic E-state index is -0.0204. The molecule has 27 heavy (non-hydrogen) atoms. The van der Waals surface area contributed by atoms with Gasteiger partial charge in [-0.25, -0.2) is 4.68 Å². The largest absolute Gasteiger partial charge is 0.361 e. The third-order valence-electron chi connectivity index (χ3n) is 4.58. The molecule has 0 atom stereocenters. The van der Waals surface area contributed by atoms with E-state index < -0.39 is 0 Å². The summed E-state index contributed by atoms with van der Waals surface area (Å²) in [5, 5.41) is 5.71. The highest BCUT2D eigenvalue weighted by Crippen LogP contribution is 2.26. The second-order valence-electron chi connectivity index (χ2n) is 6.27. The number of hydrogen-bond acceptors (Lipinski definition) is 3. The normalized spacial score (nSPS) is 11.0. The number of aryl methyl sites for hydroxylation is 1. The summed E-state index contributed by atoms with van der Waals surface area (Å²) in [7, 11) is 1.72. The lowest BCUT2D eigenvalue weighted by atomic mass is 10.1. The van der Waals surface area contributed by atoms with Crippen molar-refractivity contribution in [2.24, 2.45) is 0 Å². The molecule has 0 bridgehead atoms. The number of anilines is 1. The van der Waals surface area contributed by atoms with Gasteiger partial charge < -0.3 is 9.88 Å². The van der Waals surface area contributed by atoms with Crippen LogP contribution in [0.3, 0.4) is 0 Å². The molecule has 3 heterocycles. The van der Waals surface area contributed by atoms with Crippen molar-refractivity contribution in [3.05, 3.63) is 71.9 Å². The molecule has 0 aliphatic carbocycles. The molecule has 0 aliphatic heterocycles. The van der Waals surface area contributed by atoms with Crippen molar-refractivity contribution in [1.82, 2.24) is 19.7 Å². The number of nitrogens with one attached hydrogen (secondary N) is 1. The van der Waals surface area contributed by atoms with E-state index in [2.05, 4.69) is 21.1 Å². The predicted molar refractivity (Wildman–Crippen MR) is 106 cm³/mol. The zero-order valence-electron chi connectivity index (χ0n) is 14.8. The molecule has 0 fully saturated rings. The van der Waals surface area contributed by atoms with Gasteiger partial charge in [0.05, 0.1) is 18.1 Å². The number of nitrogens with zero attached hydrogens (tertiary/aromatic N) is 4. The summed E-state index contributed by atoms with van der Waals surface area (Å²) in [5.74, 6) is -0.0204. The Hall–Kier alpha value is -3.12. The molecule has 0 spiro atoms. The van der Waals surface area contributed by atoms with Crippen molar-refractivity contribution in [2.45, 2.75) is 12.8 Å². The zero-order chi connectivity index (χ0) is 18.8. The first-order valence-corrected chi connectivity index (χ1v) is 8.98. The van der Waals surface area contributed by atoms with E-state index in [1.165, 1.54) is 0 Å². The number of carbonyl (C=O) groups is 1. The van der Waals surface area contributed by atoms with Crippen LogP contribution in [0.2, 0.25) is 5.15 Å². The molecular formula is C20H18ClN5O. The Balaban J connectivity index is 1.48. The number of rotatable bonds is 5. The predicted octanol–water partition coefficient (Wildman–Crippen LogP) is 4.00. The molecule has 0 aliphatic rings. The van der Waals surface area contributed by atoms with Gasteiger partial charge in [-0.2, -0.15) is 5.10 Å². The van der Waals surface area contributed by atoms with Crippen molar-refractivity contribution in [3.63, 3.8) is 0 Å². The van der Waals surface area contributed by atoms with Gasteiger partial charge in [0.15, 0.2) is 5.15 Å². The van der Waals surface area contributed by atoms with Crippen LogP contribution >= 0.6 is 11.6 Å². The van der Waals surface area contributed by atoms with Crippen LogP contribution in [0.4, 0.5) is 5.69 Å².